The van der Waals surface area contributed by atoms with Gasteiger partial charge >= 0.3 is 0 Å². The molecule has 0 amide bonds. The monoisotopic (exact) mass is 183 g/mol. The minimum absolute atomic E-state index is 0.443. The highest BCUT2D eigenvalue weighted by molar-refractivity contribution is 4.87. The molecular weight excluding hydrogens is 158 g/mol. The molecule has 0 aromatic carbocycles. The molecular formula is C12H25N. The van der Waals surface area contributed by atoms with E-state index in [4.69, 9.17) is 5.73 Å². The Balaban J connectivity index is 2.65. The van der Waals surface area contributed by atoms with Gasteiger partial charge in [0.1, 0.15) is 0 Å². The van der Waals surface area contributed by atoms with E-state index in [0.717, 1.165) is 11.8 Å². The van der Waals surface area contributed by atoms with Crippen molar-refractivity contribution < 1.29 is 0 Å². The van der Waals surface area contributed by atoms with Gasteiger partial charge in [0.05, 0.1) is 0 Å². The van der Waals surface area contributed by atoms with E-state index in [0.29, 0.717) is 11.5 Å². The largest absolute Gasteiger partial charge is 0.328 e. The molecule has 0 aromatic rings. The molecule has 1 heteroatoms. The van der Waals surface area contributed by atoms with Crippen molar-refractivity contribution in [2.24, 2.45) is 23.0 Å². The van der Waals surface area contributed by atoms with Crippen LogP contribution in [0.25, 0.3) is 0 Å². The first-order chi connectivity index (χ1) is 5.95. The zero-order valence-electron chi connectivity index (χ0n) is 9.64. The standard InChI is InChI=1S/C12H25N/c1-5-9-6-7-10(13)8-11(9)12(2,3)4/h9-11H,5-8,13H2,1-4H3. The lowest BCUT2D eigenvalue weighted by atomic mass is 9.64. The zero-order valence-corrected chi connectivity index (χ0v) is 9.64. The summed E-state index contributed by atoms with van der Waals surface area (Å²) in [6, 6.07) is 0.465. The smallest absolute Gasteiger partial charge is 0.00418 e. The molecule has 0 bridgehead atoms. The van der Waals surface area contributed by atoms with Crippen molar-refractivity contribution >= 4 is 0 Å². The van der Waals surface area contributed by atoms with Gasteiger partial charge in [-0.3, -0.25) is 0 Å². The van der Waals surface area contributed by atoms with Gasteiger partial charge in [0.15, 0.2) is 0 Å². The molecule has 0 aliphatic heterocycles. The maximum Gasteiger partial charge on any atom is 0.00418 e. The summed E-state index contributed by atoms with van der Waals surface area (Å²) in [6.07, 6.45) is 5.15. The van der Waals surface area contributed by atoms with Crippen molar-refractivity contribution in [3.8, 4) is 0 Å². The number of rotatable bonds is 1. The van der Waals surface area contributed by atoms with Crippen molar-refractivity contribution in [1.29, 1.82) is 0 Å². The molecule has 1 saturated carbocycles. The average molecular weight is 183 g/mol. The molecule has 1 aliphatic carbocycles. The molecule has 2 N–H and O–H groups in total. The van der Waals surface area contributed by atoms with Crippen LogP contribution in [-0.4, -0.2) is 6.04 Å². The second kappa shape index (κ2) is 4.00. The van der Waals surface area contributed by atoms with E-state index in [1.54, 1.807) is 0 Å². The minimum atomic E-state index is 0.443. The fraction of sp³-hybridized carbons (Fsp3) is 1.00. The van der Waals surface area contributed by atoms with Gasteiger partial charge < -0.3 is 5.73 Å². The first kappa shape index (κ1) is 11.0. The second-order valence-electron chi connectivity index (χ2n) is 5.71. The van der Waals surface area contributed by atoms with Gasteiger partial charge in [0.2, 0.25) is 0 Å². The number of hydrogen-bond acceptors (Lipinski definition) is 1. The summed E-state index contributed by atoms with van der Waals surface area (Å²) in [5.41, 5.74) is 6.48. The van der Waals surface area contributed by atoms with E-state index < -0.39 is 0 Å². The fourth-order valence-corrected chi connectivity index (χ4v) is 2.82. The van der Waals surface area contributed by atoms with Crippen molar-refractivity contribution in [1.82, 2.24) is 0 Å². The van der Waals surface area contributed by atoms with Crippen LogP contribution in [0.5, 0.6) is 0 Å². The van der Waals surface area contributed by atoms with Crippen LogP contribution in [0.15, 0.2) is 0 Å². The van der Waals surface area contributed by atoms with Gasteiger partial charge in [-0.1, -0.05) is 34.1 Å². The van der Waals surface area contributed by atoms with Crippen LogP contribution < -0.4 is 5.73 Å². The van der Waals surface area contributed by atoms with Crippen LogP contribution in [0.4, 0.5) is 0 Å². The molecule has 3 atom stereocenters. The van der Waals surface area contributed by atoms with E-state index in [1.807, 2.05) is 0 Å². The summed E-state index contributed by atoms with van der Waals surface area (Å²) < 4.78 is 0. The lowest BCUT2D eigenvalue weighted by Crippen LogP contribution is -2.39. The molecule has 1 rings (SSSR count). The van der Waals surface area contributed by atoms with Crippen LogP contribution in [0.3, 0.4) is 0 Å². The SMILES string of the molecule is CCC1CCC(N)CC1C(C)(C)C. The topological polar surface area (TPSA) is 26.0 Å². The number of hydrogen-bond donors (Lipinski definition) is 1. The van der Waals surface area contributed by atoms with E-state index in [-0.39, 0.29) is 0 Å². The van der Waals surface area contributed by atoms with Crippen LogP contribution in [0, 0.1) is 17.3 Å². The van der Waals surface area contributed by atoms with Gasteiger partial charge in [-0.05, 0) is 36.5 Å². The van der Waals surface area contributed by atoms with Gasteiger partial charge in [-0.25, -0.2) is 0 Å². The molecule has 0 saturated heterocycles. The Labute approximate surface area is 83.1 Å². The molecule has 3 unspecified atom stereocenters. The molecule has 1 fully saturated rings. The van der Waals surface area contributed by atoms with Crippen molar-refractivity contribution in [3.63, 3.8) is 0 Å². The third-order valence-corrected chi connectivity index (χ3v) is 3.67. The second-order valence-corrected chi connectivity index (χ2v) is 5.71. The molecule has 1 nitrogen and oxygen atoms in total. The van der Waals surface area contributed by atoms with Crippen molar-refractivity contribution in [2.45, 2.75) is 59.4 Å². The lowest BCUT2D eigenvalue weighted by molar-refractivity contribution is 0.0943. The van der Waals surface area contributed by atoms with E-state index in [1.165, 1.54) is 25.7 Å². The summed E-state index contributed by atoms with van der Waals surface area (Å²) in [7, 11) is 0. The van der Waals surface area contributed by atoms with Crippen molar-refractivity contribution in [2.75, 3.05) is 0 Å². The first-order valence-electron chi connectivity index (χ1n) is 5.70. The minimum Gasteiger partial charge on any atom is -0.328 e. The summed E-state index contributed by atoms with van der Waals surface area (Å²) in [6.45, 7) is 9.40. The Bertz CT molecular complexity index is 157. The highest BCUT2D eigenvalue weighted by Gasteiger charge is 2.35. The quantitative estimate of drug-likeness (QED) is 0.664. The molecule has 0 heterocycles. The molecule has 0 radical (unpaired) electrons. The first-order valence-corrected chi connectivity index (χ1v) is 5.70. The molecule has 1 aliphatic rings. The molecule has 0 aromatic heterocycles. The summed E-state index contributed by atoms with van der Waals surface area (Å²) >= 11 is 0. The molecule has 0 spiro atoms. The fourth-order valence-electron chi connectivity index (χ4n) is 2.82. The summed E-state index contributed by atoms with van der Waals surface area (Å²) in [4.78, 5) is 0. The Morgan fingerprint density at radius 1 is 1.23 bits per heavy atom. The van der Waals surface area contributed by atoms with Crippen LogP contribution in [0.2, 0.25) is 0 Å². The van der Waals surface area contributed by atoms with E-state index >= 15 is 0 Å². The Morgan fingerprint density at radius 2 is 1.85 bits per heavy atom. The van der Waals surface area contributed by atoms with Crippen LogP contribution >= 0.6 is 0 Å². The average Bonchev–Trinajstić information content (AvgIpc) is 2.03. The van der Waals surface area contributed by atoms with Crippen LogP contribution in [0.1, 0.15) is 53.4 Å². The zero-order chi connectivity index (χ0) is 10.1. The summed E-state index contributed by atoms with van der Waals surface area (Å²) in [5.74, 6) is 1.75. The van der Waals surface area contributed by atoms with Gasteiger partial charge in [0.25, 0.3) is 0 Å². The van der Waals surface area contributed by atoms with Gasteiger partial charge in [-0.2, -0.15) is 0 Å². The summed E-state index contributed by atoms with van der Waals surface area (Å²) in [5, 5.41) is 0. The maximum atomic E-state index is 6.04. The van der Waals surface area contributed by atoms with Gasteiger partial charge in [0, 0.05) is 6.04 Å². The highest BCUT2D eigenvalue weighted by atomic mass is 14.6. The van der Waals surface area contributed by atoms with Gasteiger partial charge in [-0.15, -0.1) is 0 Å². The van der Waals surface area contributed by atoms with E-state index in [9.17, 15) is 0 Å². The maximum absolute atomic E-state index is 6.04. The lowest BCUT2D eigenvalue weighted by Gasteiger charge is -2.42. The predicted octanol–water partition coefficient (Wildman–Crippen LogP) is 3.19. The molecule has 78 valence electrons. The normalized spacial score (nSPS) is 36.2. The molecule has 13 heavy (non-hydrogen) atoms. The predicted molar refractivity (Wildman–Crippen MR) is 58.6 cm³/mol. The third-order valence-electron chi connectivity index (χ3n) is 3.67. The van der Waals surface area contributed by atoms with Crippen LogP contribution in [-0.2, 0) is 0 Å². The van der Waals surface area contributed by atoms with Crippen molar-refractivity contribution in [3.05, 3.63) is 0 Å². The Hall–Kier alpha value is -0.0400. The Morgan fingerprint density at radius 3 is 2.31 bits per heavy atom. The van der Waals surface area contributed by atoms with E-state index in [2.05, 4.69) is 27.7 Å². The third kappa shape index (κ3) is 2.70. The number of nitrogens with two attached hydrogens (primary N) is 1. The Kier molecular flexibility index (Phi) is 3.39. The highest BCUT2D eigenvalue weighted by Crippen LogP contribution is 2.42.